The number of nitrogens with two attached hydrogens (primary N) is 1. The molecule has 2 aromatic rings. The van der Waals surface area contributed by atoms with Crippen molar-refractivity contribution in [1.29, 1.82) is 0 Å². The van der Waals surface area contributed by atoms with Crippen LogP contribution in [0.2, 0.25) is 0 Å². The Hall–Kier alpha value is -2.30. The number of imidazole rings is 1. The maximum absolute atomic E-state index is 12.2. The van der Waals surface area contributed by atoms with E-state index in [0.717, 1.165) is 0 Å². The third-order valence-corrected chi connectivity index (χ3v) is 4.20. The summed E-state index contributed by atoms with van der Waals surface area (Å²) in [5, 5.41) is 2.59. The van der Waals surface area contributed by atoms with Crippen LogP contribution in [-0.2, 0) is 19.0 Å². The molecule has 128 valence electrons. The van der Waals surface area contributed by atoms with E-state index in [2.05, 4.69) is 20.3 Å². The highest BCUT2D eigenvalue weighted by Gasteiger charge is 2.58. The van der Waals surface area contributed by atoms with Gasteiger partial charge in [-0.2, -0.15) is 0 Å². The minimum atomic E-state index is -0.811. The average Bonchev–Trinajstić information content (AvgIpc) is 3.18. The number of fused-ring (bicyclic) bond motifs is 2. The van der Waals surface area contributed by atoms with E-state index in [1.807, 2.05) is 0 Å². The quantitative estimate of drug-likeness (QED) is 0.758. The van der Waals surface area contributed by atoms with E-state index in [0.29, 0.717) is 11.2 Å². The lowest BCUT2D eigenvalue weighted by Gasteiger charge is -2.24. The van der Waals surface area contributed by atoms with Crippen molar-refractivity contribution in [1.82, 2.24) is 24.8 Å². The number of anilines is 1. The summed E-state index contributed by atoms with van der Waals surface area (Å²) in [4.78, 5) is 24.5. The van der Waals surface area contributed by atoms with Gasteiger partial charge >= 0.3 is 0 Å². The van der Waals surface area contributed by atoms with Crippen molar-refractivity contribution in [3.63, 3.8) is 0 Å². The predicted molar refractivity (Wildman–Crippen MR) is 81.5 cm³/mol. The highest BCUT2D eigenvalue weighted by Crippen LogP contribution is 2.43. The van der Waals surface area contributed by atoms with Gasteiger partial charge in [-0.3, -0.25) is 9.36 Å². The smallest absolute Gasteiger partial charge is 0.251 e. The summed E-state index contributed by atoms with van der Waals surface area (Å²) in [5.74, 6) is -0.805. The zero-order chi connectivity index (χ0) is 17.1. The monoisotopic (exact) mass is 334 g/mol. The maximum Gasteiger partial charge on any atom is 0.251 e. The average molecular weight is 334 g/mol. The standard InChI is InChI=1S/C14H18N6O4/c1-14(2)23-7-8(12(21)16-3)22-13(9(7)24-14)20-5-19-6-10(15)17-4-18-11(6)20/h4-5,7-9,13H,1-3H3,(H,16,21)(H2,15,17,18)/t7-,8+,9-,13+/m1/s1. The molecule has 1 amide bonds. The number of ether oxygens (including phenoxy) is 3. The van der Waals surface area contributed by atoms with Crippen molar-refractivity contribution in [3.8, 4) is 0 Å². The number of carbonyl (C=O) groups is 1. The molecule has 0 aromatic carbocycles. The Bertz CT molecular complexity index is 806. The van der Waals surface area contributed by atoms with E-state index in [1.54, 1.807) is 31.8 Å². The summed E-state index contributed by atoms with van der Waals surface area (Å²) in [7, 11) is 1.55. The van der Waals surface area contributed by atoms with Gasteiger partial charge in [-0.05, 0) is 13.8 Å². The van der Waals surface area contributed by atoms with Crippen LogP contribution in [0.25, 0.3) is 11.2 Å². The first-order valence-corrected chi connectivity index (χ1v) is 7.57. The number of rotatable bonds is 2. The van der Waals surface area contributed by atoms with E-state index in [4.69, 9.17) is 19.9 Å². The molecule has 10 heteroatoms. The van der Waals surface area contributed by atoms with Crippen molar-refractivity contribution >= 4 is 22.9 Å². The lowest BCUT2D eigenvalue weighted by Crippen LogP contribution is -2.41. The SMILES string of the molecule is CNC(=O)[C@H]1O[C@H](n2cnc3c(N)ncnc32)[C@@H]2OC(C)(C)O[C@@H]21. The van der Waals surface area contributed by atoms with Crippen LogP contribution in [0.15, 0.2) is 12.7 Å². The van der Waals surface area contributed by atoms with Crippen LogP contribution in [0.3, 0.4) is 0 Å². The molecule has 2 aliphatic heterocycles. The number of hydrogen-bond acceptors (Lipinski definition) is 8. The van der Waals surface area contributed by atoms with E-state index in [-0.39, 0.29) is 11.7 Å². The van der Waals surface area contributed by atoms with Gasteiger partial charge in [-0.1, -0.05) is 0 Å². The van der Waals surface area contributed by atoms with Crippen molar-refractivity contribution in [2.75, 3.05) is 12.8 Å². The van der Waals surface area contributed by atoms with Gasteiger partial charge in [0.1, 0.15) is 24.1 Å². The van der Waals surface area contributed by atoms with E-state index in [9.17, 15) is 4.79 Å². The second-order valence-corrected chi connectivity index (χ2v) is 6.21. The Morgan fingerprint density at radius 3 is 2.79 bits per heavy atom. The molecule has 24 heavy (non-hydrogen) atoms. The molecule has 2 aromatic heterocycles. The molecule has 10 nitrogen and oxygen atoms in total. The van der Waals surface area contributed by atoms with Gasteiger partial charge in [0, 0.05) is 7.05 Å². The van der Waals surface area contributed by atoms with Gasteiger partial charge in [-0.15, -0.1) is 0 Å². The van der Waals surface area contributed by atoms with Gasteiger partial charge in [-0.25, -0.2) is 15.0 Å². The number of carbonyl (C=O) groups excluding carboxylic acids is 1. The summed E-state index contributed by atoms with van der Waals surface area (Å²) < 4.78 is 19.5. The van der Waals surface area contributed by atoms with E-state index in [1.165, 1.54) is 6.33 Å². The van der Waals surface area contributed by atoms with Crippen LogP contribution >= 0.6 is 0 Å². The number of nitrogens with one attached hydrogen (secondary N) is 1. The van der Waals surface area contributed by atoms with Gasteiger partial charge in [0.2, 0.25) is 0 Å². The molecule has 0 saturated carbocycles. The number of amides is 1. The van der Waals surface area contributed by atoms with Crippen LogP contribution < -0.4 is 11.1 Å². The van der Waals surface area contributed by atoms with Crippen LogP contribution in [0.4, 0.5) is 5.82 Å². The first-order chi connectivity index (χ1) is 11.4. The Kier molecular flexibility index (Phi) is 3.24. The van der Waals surface area contributed by atoms with Gasteiger partial charge in [0.25, 0.3) is 5.91 Å². The maximum atomic E-state index is 12.2. The third-order valence-electron chi connectivity index (χ3n) is 4.20. The Labute approximate surface area is 137 Å². The summed E-state index contributed by atoms with van der Waals surface area (Å²) in [6.45, 7) is 3.60. The molecular formula is C14H18N6O4. The molecule has 2 saturated heterocycles. The Morgan fingerprint density at radius 1 is 1.29 bits per heavy atom. The van der Waals surface area contributed by atoms with Crippen LogP contribution in [-0.4, -0.2) is 56.6 Å². The van der Waals surface area contributed by atoms with Crippen LogP contribution in [0.5, 0.6) is 0 Å². The van der Waals surface area contributed by atoms with Gasteiger partial charge < -0.3 is 25.3 Å². The molecule has 0 unspecified atom stereocenters. The minimum absolute atomic E-state index is 0.271. The fraction of sp³-hybridized carbons (Fsp3) is 0.571. The topological polar surface area (TPSA) is 126 Å². The normalized spacial score (nSPS) is 31.3. The number of hydrogen-bond donors (Lipinski definition) is 2. The molecule has 0 aliphatic carbocycles. The molecule has 4 atom stereocenters. The zero-order valence-electron chi connectivity index (χ0n) is 13.5. The van der Waals surface area contributed by atoms with Gasteiger partial charge in [0.05, 0.1) is 6.33 Å². The summed E-state index contributed by atoms with van der Waals surface area (Å²) >= 11 is 0. The molecule has 3 N–H and O–H groups in total. The van der Waals surface area contributed by atoms with Crippen molar-refractivity contribution in [3.05, 3.63) is 12.7 Å². The molecule has 4 rings (SSSR count). The van der Waals surface area contributed by atoms with Crippen LogP contribution in [0, 0.1) is 0 Å². The van der Waals surface area contributed by atoms with Crippen molar-refractivity contribution in [2.24, 2.45) is 0 Å². The second kappa shape index (κ2) is 5.10. The highest BCUT2D eigenvalue weighted by molar-refractivity contribution is 5.82. The molecule has 2 fully saturated rings. The molecule has 4 heterocycles. The fourth-order valence-electron chi connectivity index (χ4n) is 3.21. The second-order valence-electron chi connectivity index (χ2n) is 6.21. The number of aromatic nitrogens is 4. The lowest BCUT2D eigenvalue weighted by molar-refractivity contribution is -0.197. The molecule has 0 bridgehead atoms. The van der Waals surface area contributed by atoms with Crippen molar-refractivity contribution in [2.45, 2.75) is 44.2 Å². The number of nitrogens with zero attached hydrogens (tertiary/aromatic N) is 4. The Morgan fingerprint density at radius 2 is 2.04 bits per heavy atom. The number of likely N-dealkylation sites (N-methyl/N-ethyl adjacent to an activating group) is 1. The molecule has 0 radical (unpaired) electrons. The summed E-state index contributed by atoms with van der Waals surface area (Å²) in [5.41, 5.74) is 6.81. The lowest BCUT2D eigenvalue weighted by atomic mass is 10.1. The number of nitrogen functional groups attached to an aromatic ring is 1. The third kappa shape index (κ3) is 2.14. The summed E-state index contributed by atoms with van der Waals surface area (Å²) in [6.07, 6.45) is 0.506. The molecular weight excluding hydrogens is 316 g/mol. The van der Waals surface area contributed by atoms with E-state index >= 15 is 0 Å². The molecule has 2 aliphatic rings. The zero-order valence-corrected chi connectivity index (χ0v) is 13.5. The fourth-order valence-corrected chi connectivity index (χ4v) is 3.21. The van der Waals surface area contributed by atoms with Gasteiger partial charge in [0.15, 0.2) is 29.6 Å². The summed E-state index contributed by atoms with van der Waals surface area (Å²) in [6, 6.07) is 0. The first-order valence-electron chi connectivity index (χ1n) is 7.57. The van der Waals surface area contributed by atoms with Crippen molar-refractivity contribution < 1.29 is 19.0 Å². The van der Waals surface area contributed by atoms with Crippen LogP contribution in [0.1, 0.15) is 20.1 Å². The first kappa shape index (κ1) is 15.2. The predicted octanol–water partition coefficient (Wildman–Crippen LogP) is -0.428. The molecule has 0 spiro atoms. The Balaban J connectivity index is 1.77. The largest absolute Gasteiger partial charge is 0.382 e. The highest BCUT2D eigenvalue weighted by atomic mass is 16.8. The van der Waals surface area contributed by atoms with E-state index < -0.39 is 30.3 Å². The minimum Gasteiger partial charge on any atom is -0.382 e.